The molecule has 0 unspecified atom stereocenters. The SMILES string of the molecule is CC(C)[C@@H](OCC1CC1)[C@H](C)OC(=O)[C@H](C)NC(=O)OC(C)(C)C. The topological polar surface area (TPSA) is 73.9 Å². The first kappa shape index (κ1) is 20.7. The highest BCUT2D eigenvalue weighted by atomic mass is 16.6. The highest BCUT2D eigenvalue weighted by molar-refractivity contribution is 5.81. The molecule has 1 saturated carbocycles. The van der Waals surface area contributed by atoms with Crippen molar-refractivity contribution in [3.05, 3.63) is 0 Å². The van der Waals surface area contributed by atoms with E-state index in [1.54, 1.807) is 27.7 Å². The molecule has 0 aromatic carbocycles. The fourth-order valence-corrected chi connectivity index (χ4v) is 2.30. The molecule has 6 heteroatoms. The van der Waals surface area contributed by atoms with E-state index in [1.165, 1.54) is 12.8 Å². The van der Waals surface area contributed by atoms with Gasteiger partial charge in [0, 0.05) is 6.61 Å². The standard InChI is InChI=1S/C18H33NO5/c1-11(2)15(22-10-14-8-9-14)13(4)23-16(20)12(3)19-17(21)24-18(5,6)7/h11-15H,8-10H2,1-7H3,(H,19,21)/t12-,13-,15+/m0/s1. The fourth-order valence-electron chi connectivity index (χ4n) is 2.30. The summed E-state index contributed by atoms with van der Waals surface area (Å²) in [5, 5.41) is 2.49. The third-order valence-electron chi connectivity index (χ3n) is 3.73. The van der Waals surface area contributed by atoms with Crippen LogP contribution in [0.5, 0.6) is 0 Å². The van der Waals surface area contributed by atoms with E-state index >= 15 is 0 Å². The fraction of sp³-hybridized carbons (Fsp3) is 0.889. The number of carbonyl (C=O) groups is 2. The van der Waals surface area contributed by atoms with Gasteiger partial charge in [0.2, 0.25) is 0 Å². The van der Waals surface area contributed by atoms with Gasteiger partial charge in [-0.25, -0.2) is 9.59 Å². The second kappa shape index (κ2) is 8.70. The molecule has 0 saturated heterocycles. The van der Waals surface area contributed by atoms with E-state index in [9.17, 15) is 9.59 Å². The molecule has 24 heavy (non-hydrogen) atoms. The van der Waals surface area contributed by atoms with Crippen LogP contribution in [0.4, 0.5) is 4.79 Å². The summed E-state index contributed by atoms with van der Waals surface area (Å²) in [4.78, 5) is 23.9. The van der Waals surface area contributed by atoms with Crippen molar-refractivity contribution in [1.82, 2.24) is 5.32 Å². The molecule has 1 aliphatic carbocycles. The molecule has 0 aliphatic heterocycles. The minimum Gasteiger partial charge on any atom is -0.458 e. The number of esters is 1. The lowest BCUT2D eigenvalue weighted by molar-refractivity contribution is -0.160. The summed E-state index contributed by atoms with van der Waals surface area (Å²) >= 11 is 0. The minimum atomic E-state index is -0.779. The predicted molar refractivity (Wildman–Crippen MR) is 91.7 cm³/mol. The smallest absolute Gasteiger partial charge is 0.408 e. The number of hydrogen-bond acceptors (Lipinski definition) is 5. The van der Waals surface area contributed by atoms with Crippen LogP contribution in [0, 0.1) is 11.8 Å². The summed E-state index contributed by atoms with van der Waals surface area (Å²) < 4.78 is 16.6. The zero-order chi connectivity index (χ0) is 18.5. The van der Waals surface area contributed by atoms with Crippen LogP contribution in [0.15, 0.2) is 0 Å². The maximum atomic E-state index is 12.2. The summed E-state index contributed by atoms with van der Waals surface area (Å²) in [5.41, 5.74) is -0.611. The van der Waals surface area contributed by atoms with Crippen LogP contribution in [0.25, 0.3) is 0 Å². The lowest BCUT2D eigenvalue weighted by atomic mass is 10.0. The van der Waals surface area contributed by atoms with Crippen LogP contribution in [-0.4, -0.2) is 42.5 Å². The van der Waals surface area contributed by atoms with Gasteiger partial charge < -0.3 is 19.5 Å². The molecule has 0 aromatic heterocycles. The van der Waals surface area contributed by atoms with E-state index in [2.05, 4.69) is 5.32 Å². The summed E-state index contributed by atoms with van der Waals surface area (Å²) in [6.45, 7) is 13.5. The van der Waals surface area contributed by atoms with Gasteiger partial charge in [-0.05, 0) is 59.3 Å². The number of rotatable bonds is 8. The molecule has 3 atom stereocenters. The molecule has 0 spiro atoms. The van der Waals surface area contributed by atoms with Crippen LogP contribution in [-0.2, 0) is 19.0 Å². The number of hydrogen-bond donors (Lipinski definition) is 1. The Hall–Kier alpha value is -1.30. The van der Waals surface area contributed by atoms with Crippen molar-refractivity contribution in [1.29, 1.82) is 0 Å². The Kier molecular flexibility index (Phi) is 7.52. The van der Waals surface area contributed by atoms with E-state index in [0.29, 0.717) is 5.92 Å². The molecule has 1 amide bonds. The van der Waals surface area contributed by atoms with Gasteiger partial charge in [-0.3, -0.25) is 0 Å². The molecule has 140 valence electrons. The molecule has 1 rings (SSSR count). The van der Waals surface area contributed by atoms with Crippen LogP contribution in [0.3, 0.4) is 0 Å². The third kappa shape index (κ3) is 7.99. The van der Waals surface area contributed by atoms with E-state index < -0.39 is 23.7 Å². The number of nitrogens with one attached hydrogen (secondary N) is 1. The van der Waals surface area contributed by atoms with Crippen molar-refractivity contribution in [2.24, 2.45) is 11.8 Å². The number of ether oxygens (including phenoxy) is 3. The molecule has 0 bridgehead atoms. The van der Waals surface area contributed by atoms with Crippen LogP contribution in [0.2, 0.25) is 0 Å². The summed E-state index contributed by atoms with van der Waals surface area (Å²) in [7, 11) is 0. The van der Waals surface area contributed by atoms with Gasteiger partial charge in [-0.2, -0.15) is 0 Å². The number of carbonyl (C=O) groups excluding carboxylic acids is 2. The molecular formula is C18H33NO5. The average molecular weight is 343 g/mol. The van der Waals surface area contributed by atoms with Crippen molar-refractivity contribution < 1.29 is 23.8 Å². The van der Waals surface area contributed by atoms with E-state index in [0.717, 1.165) is 6.61 Å². The summed E-state index contributed by atoms with van der Waals surface area (Å²) in [6.07, 6.45) is 1.28. The second-order valence-electron chi connectivity index (χ2n) is 8.00. The van der Waals surface area contributed by atoms with Gasteiger partial charge in [0.15, 0.2) is 0 Å². The summed E-state index contributed by atoms with van der Waals surface area (Å²) in [5.74, 6) is 0.400. The molecular weight excluding hydrogens is 310 g/mol. The number of alkyl carbamates (subject to hydrolysis) is 1. The Morgan fingerprint density at radius 3 is 2.17 bits per heavy atom. The highest BCUT2D eigenvalue weighted by Crippen LogP contribution is 2.30. The Morgan fingerprint density at radius 2 is 1.71 bits per heavy atom. The van der Waals surface area contributed by atoms with Crippen molar-refractivity contribution in [2.45, 2.75) is 85.2 Å². The Morgan fingerprint density at radius 1 is 1.12 bits per heavy atom. The third-order valence-corrected chi connectivity index (χ3v) is 3.73. The molecule has 0 radical (unpaired) electrons. The average Bonchev–Trinajstić information content (AvgIpc) is 3.19. The van der Waals surface area contributed by atoms with Gasteiger partial charge in [0.25, 0.3) is 0 Å². The molecule has 1 fully saturated rings. The van der Waals surface area contributed by atoms with Crippen molar-refractivity contribution in [3.8, 4) is 0 Å². The van der Waals surface area contributed by atoms with Gasteiger partial charge >= 0.3 is 12.1 Å². The first-order chi connectivity index (χ1) is 11.0. The first-order valence-electron chi connectivity index (χ1n) is 8.81. The van der Waals surface area contributed by atoms with E-state index in [1.807, 2.05) is 20.8 Å². The monoisotopic (exact) mass is 343 g/mol. The van der Waals surface area contributed by atoms with Gasteiger partial charge in [0.05, 0.1) is 6.10 Å². The summed E-state index contributed by atoms with van der Waals surface area (Å²) in [6, 6.07) is -0.779. The molecule has 0 heterocycles. The zero-order valence-corrected chi connectivity index (χ0v) is 16.0. The molecule has 1 aliphatic rings. The van der Waals surface area contributed by atoms with Crippen LogP contribution in [0.1, 0.15) is 61.3 Å². The van der Waals surface area contributed by atoms with Crippen molar-refractivity contribution in [2.75, 3.05) is 6.61 Å². The lowest BCUT2D eigenvalue weighted by Crippen LogP contribution is -2.45. The second-order valence-corrected chi connectivity index (χ2v) is 8.00. The van der Waals surface area contributed by atoms with Gasteiger partial charge in [0.1, 0.15) is 17.7 Å². The van der Waals surface area contributed by atoms with E-state index in [4.69, 9.17) is 14.2 Å². The highest BCUT2D eigenvalue weighted by Gasteiger charge is 2.30. The number of amides is 1. The lowest BCUT2D eigenvalue weighted by Gasteiger charge is -2.28. The van der Waals surface area contributed by atoms with Gasteiger partial charge in [-0.15, -0.1) is 0 Å². The Labute approximate surface area is 145 Å². The Balaban J connectivity index is 2.45. The zero-order valence-electron chi connectivity index (χ0n) is 16.0. The predicted octanol–water partition coefficient (Wildman–Crippen LogP) is 3.28. The largest absolute Gasteiger partial charge is 0.458 e. The normalized spacial score (nSPS) is 18.7. The molecule has 6 nitrogen and oxygen atoms in total. The van der Waals surface area contributed by atoms with Crippen molar-refractivity contribution in [3.63, 3.8) is 0 Å². The van der Waals surface area contributed by atoms with Crippen LogP contribution < -0.4 is 5.32 Å². The van der Waals surface area contributed by atoms with Gasteiger partial charge in [-0.1, -0.05) is 13.8 Å². The van der Waals surface area contributed by atoms with Crippen LogP contribution >= 0.6 is 0 Å². The maximum absolute atomic E-state index is 12.2. The first-order valence-corrected chi connectivity index (χ1v) is 8.81. The molecule has 0 aromatic rings. The quantitative estimate of drug-likeness (QED) is 0.685. The molecule has 1 N–H and O–H groups in total. The van der Waals surface area contributed by atoms with Crippen molar-refractivity contribution >= 4 is 12.1 Å². The van der Waals surface area contributed by atoms with E-state index in [-0.39, 0.29) is 18.1 Å². The maximum Gasteiger partial charge on any atom is 0.408 e. The minimum absolute atomic E-state index is 0.150. The Bertz CT molecular complexity index is 426.